The second-order valence-corrected chi connectivity index (χ2v) is 5.01. The Hall–Kier alpha value is -1.89. The first kappa shape index (κ1) is 13.5. The second-order valence-electron chi connectivity index (χ2n) is 4.57. The van der Waals surface area contributed by atoms with Gasteiger partial charge in [0.2, 0.25) is 0 Å². The number of aromatic nitrogens is 4. The molecule has 1 unspecified atom stereocenters. The monoisotopic (exact) mass is 278 g/mol. The number of hydrogen-bond acceptors (Lipinski definition) is 4. The Kier molecular flexibility index (Phi) is 3.84. The zero-order valence-electron chi connectivity index (χ0n) is 11.3. The third-order valence-electron chi connectivity index (χ3n) is 2.87. The molecule has 0 bridgehead atoms. The van der Waals surface area contributed by atoms with Crippen LogP contribution in [0.1, 0.15) is 18.2 Å². The molecule has 2 rings (SSSR count). The van der Waals surface area contributed by atoms with E-state index < -0.39 is 0 Å². The van der Waals surface area contributed by atoms with Gasteiger partial charge in [0.05, 0.1) is 17.8 Å². The van der Waals surface area contributed by atoms with Crippen LogP contribution >= 0.6 is 12.2 Å². The van der Waals surface area contributed by atoms with Crippen molar-refractivity contribution >= 4 is 23.0 Å². The summed E-state index contributed by atoms with van der Waals surface area (Å²) in [4.78, 5) is 0.361. The van der Waals surface area contributed by atoms with Crippen LogP contribution in [0.5, 0.6) is 0 Å². The number of nitrogens with two attached hydrogens (primary N) is 1. The minimum absolute atomic E-state index is 0.183. The second kappa shape index (κ2) is 5.40. The van der Waals surface area contributed by atoms with E-state index in [1.807, 2.05) is 30.9 Å². The zero-order valence-corrected chi connectivity index (χ0v) is 12.1. The Labute approximate surface area is 117 Å². The van der Waals surface area contributed by atoms with Crippen molar-refractivity contribution in [1.82, 2.24) is 19.6 Å². The minimum Gasteiger partial charge on any atom is -0.389 e. The lowest BCUT2D eigenvalue weighted by atomic mass is 10.2. The molecule has 6 nitrogen and oxygen atoms in total. The van der Waals surface area contributed by atoms with Crippen LogP contribution in [0.25, 0.3) is 0 Å². The van der Waals surface area contributed by atoms with Gasteiger partial charge in [0, 0.05) is 25.5 Å². The molecule has 0 aliphatic heterocycles. The predicted octanol–water partition coefficient (Wildman–Crippen LogP) is 1.06. The lowest BCUT2D eigenvalue weighted by molar-refractivity contribution is 0.556. The normalized spacial score (nSPS) is 12.4. The van der Waals surface area contributed by atoms with E-state index in [4.69, 9.17) is 18.0 Å². The fraction of sp³-hybridized carbons (Fsp3) is 0.417. The fourth-order valence-electron chi connectivity index (χ4n) is 2.09. The molecule has 102 valence electrons. The average Bonchev–Trinajstić information content (AvgIpc) is 2.88. The van der Waals surface area contributed by atoms with Gasteiger partial charge in [-0.25, -0.2) is 0 Å². The Morgan fingerprint density at radius 3 is 2.89 bits per heavy atom. The Balaban J connectivity index is 2.16. The summed E-state index contributed by atoms with van der Waals surface area (Å²) >= 11 is 5.09. The molecule has 3 N–H and O–H groups in total. The molecule has 0 amide bonds. The molecule has 1 atom stereocenters. The van der Waals surface area contributed by atoms with Crippen molar-refractivity contribution in [3.63, 3.8) is 0 Å². The molecule has 0 aliphatic carbocycles. The molecule has 2 aromatic heterocycles. The van der Waals surface area contributed by atoms with Crippen molar-refractivity contribution in [2.45, 2.75) is 26.4 Å². The lowest BCUT2D eigenvalue weighted by Gasteiger charge is -2.16. The van der Waals surface area contributed by atoms with Gasteiger partial charge in [-0.05, 0) is 19.9 Å². The maximum Gasteiger partial charge on any atom is 0.134 e. The lowest BCUT2D eigenvalue weighted by Crippen LogP contribution is -2.25. The molecule has 19 heavy (non-hydrogen) atoms. The third-order valence-corrected chi connectivity index (χ3v) is 3.08. The quantitative estimate of drug-likeness (QED) is 0.800. The van der Waals surface area contributed by atoms with Gasteiger partial charge >= 0.3 is 0 Å². The van der Waals surface area contributed by atoms with E-state index in [1.54, 1.807) is 10.9 Å². The number of rotatable bonds is 5. The van der Waals surface area contributed by atoms with Crippen molar-refractivity contribution in [2.24, 2.45) is 12.8 Å². The molecular weight excluding hydrogens is 260 g/mol. The number of nitrogens with zero attached hydrogens (tertiary/aromatic N) is 4. The molecule has 2 aromatic rings. The van der Waals surface area contributed by atoms with Gasteiger partial charge < -0.3 is 11.1 Å². The van der Waals surface area contributed by atoms with E-state index in [0.717, 1.165) is 23.6 Å². The summed E-state index contributed by atoms with van der Waals surface area (Å²) in [6.45, 7) is 4.74. The highest BCUT2D eigenvalue weighted by molar-refractivity contribution is 7.80. The van der Waals surface area contributed by atoms with Crippen LogP contribution in [0.3, 0.4) is 0 Å². The van der Waals surface area contributed by atoms with Gasteiger partial charge in [-0.1, -0.05) is 12.2 Å². The van der Waals surface area contributed by atoms with Gasteiger partial charge in [0.25, 0.3) is 0 Å². The topological polar surface area (TPSA) is 73.7 Å². The van der Waals surface area contributed by atoms with Crippen molar-refractivity contribution in [3.05, 3.63) is 29.7 Å². The van der Waals surface area contributed by atoms with Gasteiger partial charge in [-0.15, -0.1) is 0 Å². The summed E-state index contributed by atoms with van der Waals surface area (Å²) < 4.78 is 3.64. The molecule has 0 saturated heterocycles. The zero-order chi connectivity index (χ0) is 14.0. The van der Waals surface area contributed by atoms with Crippen molar-refractivity contribution in [3.8, 4) is 0 Å². The summed E-state index contributed by atoms with van der Waals surface area (Å²) in [6, 6.07) is 2.09. The number of anilines is 1. The molecular formula is C12H18N6S. The van der Waals surface area contributed by atoms with Crippen LogP contribution in [0.2, 0.25) is 0 Å². The number of nitrogens with one attached hydrogen (secondary N) is 1. The van der Waals surface area contributed by atoms with Crippen molar-refractivity contribution in [1.29, 1.82) is 0 Å². The maximum atomic E-state index is 5.76. The van der Waals surface area contributed by atoms with Crippen LogP contribution in [0.4, 0.5) is 5.82 Å². The van der Waals surface area contributed by atoms with Gasteiger partial charge in [0.15, 0.2) is 0 Å². The summed E-state index contributed by atoms with van der Waals surface area (Å²) in [5.41, 5.74) is 7.41. The van der Waals surface area contributed by atoms with Crippen LogP contribution in [0, 0.1) is 6.92 Å². The van der Waals surface area contributed by atoms with Gasteiger partial charge in [-0.2, -0.15) is 10.2 Å². The van der Waals surface area contributed by atoms with E-state index in [9.17, 15) is 0 Å². The Bertz CT molecular complexity index is 571. The van der Waals surface area contributed by atoms with Crippen LogP contribution in [-0.4, -0.2) is 30.6 Å². The molecule has 0 aromatic carbocycles. The number of thiocarbonyl (C=S) groups is 1. The highest BCUT2D eigenvalue weighted by atomic mass is 32.1. The van der Waals surface area contributed by atoms with Crippen LogP contribution < -0.4 is 11.1 Å². The van der Waals surface area contributed by atoms with E-state index >= 15 is 0 Å². The Morgan fingerprint density at radius 1 is 1.58 bits per heavy atom. The number of aryl methyl sites for hydroxylation is 2. The molecule has 0 aliphatic rings. The smallest absolute Gasteiger partial charge is 0.134 e. The fourth-order valence-corrected chi connectivity index (χ4v) is 2.33. The standard InChI is InChI=1S/C12H18N6S/c1-8(7-18-6-4-5-14-18)15-12-10(11(13)19)9(2)16-17(12)3/h4-6,8,15H,7H2,1-3H3,(H2,13,19). The van der Waals surface area contributed by atoms with Crippen LogP contribution in [0.15, 0.2) is 18.5 Å². The van der Waals surface area contributed by atoms with E-state index in [0.29, 0.717) is 4.99 Å². The van der Waals surface area contributed by atoms with Crippen molar-refractivity contribution < 1.29 is 0 Å². The highest BCUT2D eigenvalue weighted by Crippen LogP contribution is 2.19. The average molecular weight is 278 g/mol. The third kappa shape index (κ3) is 2.93. The maximum absolute atomic E-state index is 5.76. The van der Waals surface area contributed by atoms with Gasteiger partial charge in [0.1, 0.15) is 10.8 Å². The summed E-state index contributed by atoms with van der Waals surface area (Å²) in [6.07, 6.45) is 3.70. The summed E-state index contributed by atoms with van der Waals surface area (Å²) in [7, 11) is 1.87. The molecule has 7 heteroatoms. The molecule has 0 saturated carbocycles. The summed E-state index contributed by atoms with van der Waals surface area (Å²) in [5, 5.41) is 11.9. The minimum atomic E-state index is 0.183. The van der Waals surface area contributed by atoms with E-state index in [-0.39, 0.29) is 6.04 Å². The largest absolute Gasteiger partial charge is 0.389 e. The number of hydrogen-bond donors (Lipinski definition) is 2. The summed E-state index contributed by atoms with van der Waals surface area (Å²) in [5.74, 6) is 0.852. The molecule has 2 heterocycles. The molecule has 0 spiro atoms. The molecule has 0 radical (unpaired) electrons. The van der Waals surface area contributed by atoms with Crippen molar-refractivity contribution in [2.75, 3.05) is 5.32 Å². The van der Waals surface area contributed by atoms with Crippen LogP contribution in [-0.2, 0) is 13.6 Å². The van der Waals surface area contributed by atoms with E-state index in [1.165, 1.54) is 0 Å². The van der Waals surface area contributed by atoms with Gasteiger partial charge in [-0.3, -0.25) is 9.36 Å². The van der Waals surface area contributed by atoms with E-state index in [2.05, 4.69) is 22.4 Å². The first-order chi connectivity index (χ1) is 8.99. The first-order valence-electron chi connectivity index (χ1n) is 6.06. The SMILES string of the molecule is Cc1nn(C)c(NC(C)Cn2cccn2)c1C(N)=S. The first-order valence-corrected chi connectivity index (χ1v) is 6.47. The predicted molar refractivity (Wildman–Crippen MR) is 79.1 cm³/mol. The Morgan fingerprint density at radius 2 is 2.32 bits per heavy atom. The highest BCUT2D eigenvalue weighted by Gasteiger charge is 2.17. The molecule has 0 fully saturated rings.